The summed E-state index contributed by atoms with van der Waals surface area (Å²) in [6.07, 6.45) is 24.1. The molecule has 4 atom stereocenters. The zero-order valence-electron chi connectivity index (χ0n) is 62.4. The van der Waals surface area contributed by atoms with Crippen molar-refractivity contribution in [1.82, 2.24) is 4.90 Å². The molecule has 100 heavy (non-hydrogen) atoms. The maximum absolute atomic E-state index is 8.97. The molecular weight excluding hydrogens is 1220 g/mol. The van der Waals surface area contributed by atoms with Crippen LogP contribution in [0.4, 0.5) is 39.8 Å². The van der Waals surface area contributed by atoms with Crippen molar-refractivity contribution >= 4 is 39.8 Å². The van der Waals surface area contributed by atoms with Crippen molar-refractivity contribution in [2.45, 2.75) is 186 Å². The lowest BCUT2D eigenvalue weighted by Crippen LogP contribution is -2.41. The van der Waals surface area contributed by atoms with E-state index in [4.69, 9.17) is 5.26 Å². The summed E-state index contributed by atoms with van der Waals surface area (Å²) in [7, 11) is 0. The van der Waals surface area contributed by atoms with Crippen LogP contribution in [0, 0.1) is 73.6 Å². The quantitative estimate of drug-likeness (QED) is 0.119. The fourth-order valence-corrected chi connectivity index (χ4v) is 15.2. The number of aryl methyl sites for hydroxylation is 9. The highest BCUT2D eigenvalue weighted by Gasteiger charge is 2.34. The summed E-state index contributed by atoms with van der Waals surface area (Å²) in [4.78, 5) is 19.2. The molecule has 14 rings (SSSR count). The Hall–Kier alpha value is -10.2. The number of anilines is 7. The summed E-state index contributed by atoms with van der Waals surface area (Å²) in [6.45, 7) is 37.7. The molecule has 0 radical (unpaired) electrons. The first-order valence-corrected chi connectivity index (χ1v) is 36.3. The Morgan fingerprint density at radius 2 is 0.710 bits per heavy atom. The number of hydrogen-bond donors (Lipinski definition) is 0. The summed E-state index contributed by atoms with van der Waals surface area (Å²) < 4.78 is 0. The molecule has 4 heterocycles. The first-order valence-electron chi connectivity index (χ1n) is 36.3. The van der Waals surface area contributed by atoms with E-state index < -0.39 is 0 Å². The molecule has 0 amide bonds. The van der Waals surface area contributed by atoms with Crippen LogP contribution in [0.5, 0.6) is 0 Å². The van der Waals surface area contributed by atoms with Crippen molar-refractivity contribution in [1.29, 1.82) is 5.26 Å². The molecule has 4 aliphatic heterocycles. The van der Waals surface area contributed by atoms with Crippen molar-refractivity contribution < 1.29 is 0 Å². The Balaban J connectivity index is 0.000000137. The minimum atomic E-state index is 0.155. The minimum absolute atomic E-state index is 0.155. The molecule has 0 unspecified atom stereocenters. The average molecular weight is 1320 g/mol. The molecule has 1 fully saturated rings. The van der Waals surface area contributed by atoms with Gasteiger partial charge in [0, 0.05) is 101 Å². The van der Waals surface area contributed by atoms with E-state index in [1.54, 1.807) is 0 Å². The van der Waals surface area contributed by atoms with E-state index >= 15 is 0 Å². The fraction of sp³-hybridized carbons (Fsp3) is 0.308. The van der Waals surface area contributed by atoms with E-state index in [0.717, 1.165) is 11.1 Å². The van der Waals surface area contributed by atoms with Gasteiger partial charge in [0.15, 0.2) is 0 Å². The lowest BCUT2D eigenvalue weighted by molar-refractivity contribution is 0.237. The van der Waals surface area contributed by atoms with Gasteiger partial charge >= 0.3 is 0 Å². The molecule has 0 saturated heterocycles. The van der Waals surface area contributed by atoms with Crippen molar-refractivity contribution in [3.8, 4) is 28.3 Å². The molecule has 5 aliphatic rings. The molecule has 1 saturated carbocycles. The van der Waals surface area contributed by atoms with Crippen LogP contribution in [0.2, 0.25) is 0 Å². The highest BCUT2D eigenvalue weighted by molar-refractivity contribution is 5.93. The predicted molar refractivity (Wildman–Crippen MR) is 427 cm³/mol. The largest absolute Gasteiger partial charge is 0.353 e. The average Bonchev–Trinajstić information content (AvgIpc) is 1.54. The SMILES string of the molecule is Cc1cc(C#N)ccc1N1C=CN(C2CCCC2)[C@H]1C.Cc1ccc(C)c(N2C=CN(c3c(-c4ccccc4)cccc3-c3ccccc3)[C@H]2C)c1.Cc1ccc(C)c(N2C=CN(c3c(C(C)C)cccc3C(C)C)[C@H]2C)c1.Cc1ccc(C)c(N2C=CN(c3c(C)cccc3C)[C@H]2C)c1. The Bertz CT molecular complexity index is 4380. The first kappa shape index (κ1) is 71.1. The summed E-state index contributed by atoms with van der Waals surface area (Å²) in [5, 5.41) is 8.97. The smallest absolute Gasteiger partial charge is 0.107 e. The molecule has 9 aromatic rings. The molecule has 1 aliphatic carbocycles. The third-order valence-corrected chi connectivity index (χ3v) is 20.9. The van der Waals surface area contributed by atoms with E-state index in [9.17, 15) is 0 Å². The van der Waals surface area contributed by atoms with Crippen LogP contribution in [0.15, 0.2) is 238 Å². The van der Waals surface area contributed by atoms with Crippen molar-refractivity contribution in [3.63, 3.8) is 0 Å². The van der Waals surface area contributed by atoms with Crippen LogP contribution < -0.4 is 34.3 Å². The number of nitriles is 1. The number of benzene rings is 9. The second kappa shape index (κ2) is 31.4. The lowest BCUT2D eigenvalue weighted by Gasteiger charge is -2.34. The molecule has 514 valence electrons. The van der Waals surface area contributed by atoms with Crippen LogP contribution in [-0.4, -0.2) is 35.6 Å². The van der Waals surface area contributed by atoms with Crippen molar-refractivity contribution in [2.24, 2.45) is 0 Å². The van der Waals surface area contributed by atoms with Gasteiger partial charge < -0.3 is 39.2 Å². The Morgan fingerprint density at radius 1 is 0.330 bits per heavy atom. The molecule has 0 aromatic heterocycles. The van der Waals surface area contributed by atoms with Crippen LogP contribution in [-0.2, 0) is 0 Å². The predicted octanol–water partition coefficient (Wildman–Crippen LogP) is 23.3. The zero-order chi connectivity index (χ0) is 71.1. The second-order valence-electron chi connectivity index (χ2n) is 28.7. The standard InChI is InChI=1S/C30H28N2.C24H32N2.C20H24N2.C17H21N3/c1-22-17-18-23(2)29(21-22)31-19-20-32(24(31)3)30-27(25-11-6-4-7-12-25)15-10-16-28(30)26-13-8-5-9-14-26;1-16(2)21-9-8-10-22(17(3)4)24(21)26-14-13-25(20(26)7)23-15-18(5)11-12-19(23)6;1-14-9-10-15(2)19(13-14)21-11-12-22(18(21)5)20-16(3)7-6-8-17(20)4;1-13-11-15(12-18)7-8-17(13)20-10-9-19(14(20)2)16-5-3-4-6-16/h4-21,24H,1-3H3;8-17,20H,1-7H3;6-13,18H,1-5H3;7-11,14,16H,3-6H2,1-2H3/t24-;20-;18-;14-/m0001/s1. The lowest BCUT2D eigenvalue weighted by atomic mass is 9.92. The Morgan fingerprint density at radius 3 is 1.13 bits per heavy atom. The normalized spacial score (nSPS) is 17.7. The highest BCUT2D eigenvalue weighted by Crippen LogP contribution is 2.45. The van der Waals surface area contributed by atoms with E-state index in [1.807, 2.05) is 12.1 Å². The van der Waals surface area contributed by atoms with Crippen LogP contribution in [0.25, 0.3) is 22.3 Å². The summed E-state index contributed by atoms with van der Waals surface area (Å²) in [6, 6.07) is 70.1. The second-order valence-corrected chi connectivity index (χ2v) is 28.7. The van der Waals surface area contributed by atoms with E-state index in [1.165, 1.54) is 143 Å². The van der Waals surface area contributed by atoms with Crippen molar-refractivity contribution in [2.75, 3.05) is 34.3 Å². The number of para-hydroxylation sites is 3. The maximum atomic E-state index is 8.97. The first-order chi connectivity index (χ1) is 48.1. The van der Waals surface area contributed by atoms with Gasteiger partial charge in [-0.3, -0.25) is 0 Å². The number of hydrogen-bond acceptors (Lipinski definition) is 9. The molecule has 0 N–H and O–H groups in total. The molecular formula is C91H105N9. The summed E-state index contributed by atoms with van der Waals surface area (Å²) in [5.41, 5.74) is 29.1. The van der Waals surface area contributed by atoms with Gasteiger partial charge in [0.1, 0.15) is 24.7 Å². The third kappa shape index (κ3) is 15.2. The molecule has 0 bridgehead atoms. The molecule has 0 spiro atoms. The third-order valence-electron chi connectivity index (χ3n) is 20.9. The summed E-state index contributed by atoms with van der Waals surface area (Å²) >= 11 is 0. The van der Waals surface area contributed by atoms with Gasteiger partial charge in [-0.1, -0.05) is 192 Å². The molecule has 9 heteroatoms. The van der Waals surface area contributed by atoms with Gasteiger partial charge in [-0.2, -0.15) is 5.26 Å². The van der Waals surface area contributed by atoms with Crippen LogP contribution in [0.3, 0.4) is 0 Å². The van der Waals surface area contributed by atoms with Crippen LogP contribution >= 0.6 is 0 Å². The van der Waals surface area contributed by atoms with Crippen molar-refractivity contribution in [3.05, 3.63) is 304 Å². The number of nitrogens with zero attached hydrogens (tertiary/aromatic N) is 9. The van der Waals surface area contributed by atoms with Gasteiger partial charge in [0.05, 0.1) is 17.3 Å². The van der Waals surface area contributed by atoms with Crippen LogP contribution in [0.1, 0.15) is 160 Å². The van der Waals surface area contributed by atoms with Gasteiger partial charge in [0.2, 0.25) is 0 Å². The monoisotopic (exact) mass is 1320 g/mol. The van der Waals surface area contributed by atoms with E-state index in [0.29, 0.717) is 24.0 Å². The molecule has 9 aromatic carbocycles. The van der Waals surface area contributed by atoms with E-state index in [2.05, 4.69) is 388 Å². The van der Waals surface area contributed by atoms with E-state index in [-0.39, 0.29) is 18.5 Å². The number of rotatable bonds is 12. The topological polar surface area (TPSA) is 49.7 Å². The van der Waals surface area contributed by atoms with Gasteiger partial charge in [-0.05, 0) is 223 Å². The maximum Gasteiger partial charge on any atom is 0.107 e. The molecule has 9 nitrogen and oxygen atoms in total. The minimum Gasteiger partial charge on any atom is -0.353 e. The van der Waals surface area contributed by atoms with Gasteiger partial charge in [0.25, 0.3) is 0 Å². The highest BCUT2D eigenvalue weighted by atomic mass is 15.4. The Kier molecular flexibility index (Phi) is 22.3. The van der Waals surface area contributed by atoms with Gasteiger partial charge in [-0.15, -0.1) is 0 Å². The Labute approximate surface area is 599 Å². The van der Waals surface area contributed by atoms with Gasteiger partial charge in [-0.25, -0.2) is 0 Å². The zero-order valence-corrected chi connectivity index (χ0v) is 62.4. The fourth-order valence-electron chi connectivity index (χ4n) is 15.2. The summed E-state index contributed by atoms with van der Waals surface area (Å²) in [5.74, 6) is 0.998.